The standard InChI is InChI=1S/C12H12BrN3S/c13-9-3-1-2-8(6-9)7-11-15-12(17-16-11)14-10-4-5-10/h1-3,6,10H,4-5,7H2,(H,14,15,16). The van der Waals surface area contributed by atoms with Gasteiger partial charge in [-0.05, 0) is 30.5 Å². The van der Waals surface area contributed by atoms with Gasteiger partial charge in [0.1, 0.15) is 5.82 Å². The predicted molar refractivity (Wildman–Crippen MR) is 73.5 cm³/mol. The summed E-state index contributed by atoms with van der Waals surface area (Å²) in [6, 6.07) is 8.91. The second-order valence-electron chi connectivity index (χ2n) is 4.24. The summed E-state index contributed by atoms with van der Waals surface area (Å²) >= 11 is 4.93. The van der Waals surface area contributed by atoms with Crippen LogP contribution in [0.2, 0.25) is 0 Å². The van der Waals surface area contributed by atoms with Gasteiger partial charge in [0.25, 0.3) is 0 Å². The van der Waals surface area contributed by atoms with Gasteiger partial charge in [-0.25, -0.2) is 4.98 Å². The van der Waals surface area contributed by atoms with Gasteiger partial charge in [-0.3, -0.25) is 0 Å². The summed E-state index contributed by atoms with van der Waals surface area (Å²) in [7, 11) is 0. The minimum Gasteiger partial charge on any atom is -0.358 e. The van der Waals surface area contributed by atoms with Crippen molar-refractivity contribution in [2.45, 2.75) is 25.3 Å². The highest BCUT2D eigenvalue weighted by Crippen LogP contribution is 2.25. The molecule has 17 heavy (non-hydrogen) atoms. The number of hydrogen-bond acceptors (Lipinski definition) is 4. The highest BCUT2D eigenvalue weighted by molar-refractivity contribution is 9.10. The van der Waals surface area contributed by atoms with Gasteiger partial charge in [-0.15, -0.1) is 0 Å². The first-order valence-electron chi connectivity index (χ1n) is 5.63. The Kier molecular flexibility index (Phi) is 3.11. The van der Waals surface area contributed by atoms with E-state index in [0.717, 1.165) is 21.8 Å². The molecule has 0 spiro atoms. The van der Waals surface area contributed by atoms with E-state index in [4.69, 9.17) is 0 Å². The third-order valence-electron chi connectivity index (χ3n) is 2.62. The van der Waals surface area contributed by atoms with Crippen molar-refractivity contribution in [3.8, 4) is 0 Å². The minimum atomic E-state index is 0.640. The third-order valence-corrected chi connectivity index (χ3v) is 3.80. The zero-order valence-electron chi connectivity index (χ0n) is 9.19. The Bertz CT molecular complexity index is 522. The van der Waals surface area contributed by atoms with Crippen LogP contribution in [0, 0.1) is 0 Å². The minimum absolute atomic E-state index is 0.640. The van der Waals surface area contributed by atoms with Gasteiger partial charge >= 0.3 is 0 Å². The molecule has 1 aliphatic rings. The summed E-state index contributed by atoms with van der Waals surface area (Å²) in [4.78, 5) is 4.50. The highest BCUT2D eigenvalue weighted by Gasteiger charge is 2.22. The number of hydrogen-bond donors (Lipinski definition) is 1. The van der Waals surface area contributed by atoms with Gasteiger partial charge in [-0.1, -0.05) is 28.1 Å². The Balaban J connectivity index is 1.69. The number of aromatic nitrogens is 2. The molecular weight excluding hydrogens is 298 g/mol. The molecule has 3 rings (SSSR count). The fraction of sp³-hybridized carbons (Fsp3) is 0.333. The van der Waals surface area contributed by atoms with Crippen LogP contribution >= 0.6 is 27.5 Å². The Morgan fingerprint density at radius 3 is 3.06 bits per heavy atom. The van der Waals surface area contributed by atoms with Crippen LogP contribution in [0.25, 0.3) is 0 Å². The van der Waals surface area contributed by atoms with Crippen molar-refractivity contribution in [3.05, 3.63) is 40.1 Å². The molecule has 1 fully saturated rings. The van der Waals surface area contributed by atoms with E-state index in [9.17, 15) is 0 Å². The van der Waals surface area contributed by atoms with Crippen LogP contribution in [0.1, 0.15) is 24.2 Å². The molecular formula is C12H12BrN3S. The van der Waals surface area contributed by atoms with E-state index in [-0.39, 0.29) is 0 Å². The van der Waals surface area contributed by atoms with Gasteiger partial charge in [0.15, 0.2) is 0 Å². The second kappa shape index (κ2) is 4.74. The summed E-state index contributed by atoms with van der Waals surface area (Å²) in [6.07, 6.45) is 3.32. The molecule has 3 nitrogen and oxygen atoms in total. The number of nitrogens with one attached hydrogen (secondary N) is 1. The van der Waals surface area contributed by atoms with Crippen molar-refractivity contribution in [3.63, 3.8) is 0 Å². The maximum Gasteiger partial charge on any atom is 0.202 e. The van der Waals surface area contributed by atoms with E-state index < -0.39 is 0 Å². The van der Waals surface area contributed by atoms with Crippen LogP contribution in [-0.2, 0) is 6.42 Å². The number of anilines is 1. The summed E-state index contributed by atoms with van der Waals surface area (Å²) < 4.78 is 5.47. The van der Waals surface area contributed by atoms with Gasteiger partial charge in [-0.2, -0.15) is 4.37 Å². The molecule has 2 aromatic rings. The Labute approximate surface area is 113 Å². The smallest absolute Gasteiger partial charge is 0.202 e. The molecule has 5 heteroatoms. The van der Waals surface area contributed by atoms with Crippen molar-refractivity contribution in [1.82, 2.24) is 9.36 Å². The molecule has 1 aliphatic carbocycles. The molecule has 0 atom stereocenters. The first-order valence-corrected chi connectivity index (χ1v) is 7.20. The second-order valence-corrected chi connectivity index (χ2v) is 5.91. The zero-order chi connectivity index (χ0) is 11.7. The zero-order valence-corrected chi connectivity index (χ0v) is 11.6. The predicted octanol–water partition coefficient (Wildman–Crippen LogP) is 3.47. The first-order chi connectivity index (χ1) is 8.29. The third kappa shape index (κ3) is 3.04. The lowest BCUT2D eigenvalue weighted by Crippen LogP contribution is -2.00. The van der Waals surface area contributed by atoms with Crippen LogP contribution in [0.4, 0.5) is 5.13 Å². The number of rotatable bonds is 4. The molecule has 0 bridgehead atoms. The lowest BCUT2D eigenvalue weighted by atomic mass is 10.1. The Morgan fingerprint density at radius 1 is 1.41 bits per heavy atom. The SMILES string of the molecule is Brc1cccc(Cc2nsc(NC3CC3)n2)c1. The summed E-state index contributed by atoms with van der Waals surface area (Å²) in [5, 5.41) is 4.33. The molecule has 0 amide bonds. The summed E-state index contributed by atoms with van der Waals surface area (Å²) in [5.74, 6) is 0.899. The molecule has 88 valence electrons. The number of halogens is 1. The maximum atomic E-state index is 4.50. The topological polar surface area (TPSA) is 37.8 Å². The van der Waals surface area contributed by atoms with Gasteiger partial charge in [0, 0.05) is 28.5 Å². The summed E-state index contributed by atoms with van der Waals surface area (Å²) in [6.45, 7) is 0. The van der Waals surface area contributed by atoms with Crippen molar-refractivity contribution in [2.24, 2.45) is 0 Å². The van der Waals surface area contributed by atoms with Gasteiger partial charge in [0.2, 0.25) is 5.13 Å². The number of benzene rings is 1. The van der Waals surface area contributed by atoms with Crippen LogP contribution in [0.3, 0.4) is 0 Å². The van der Waals surface area contributed by atoms with E-state index in [1.54, 1.807) is 0 Å². The van der Waals surface area contributed by atoms with Crippen LogP contribution in [0.15, 0.2) is 28.7 Å². The lowest BCUT2D eigenvalue weighted by Gasteiger charge is -1.98. The molecule has 0 saturated heterocycles. The van der Waals surface area contributed by atoms with E-state index in [1.165, 1.54) is 29.9 Å². The van der Waals surface area contributed by atoms with Crippen molar-refractivity contribution in [2.75, 3.05) is 5.32 Å². The largest absolute Gasteiger partial charge is 0.358 e. The fourth-order valence-corrected chi connectivity index (χ4v) is 2.73. The molecule has 0 aliphatic heterocycles. The average Bonchev–Trinajstić information content (AvgIpc) is 2.99. The first kappa shape index (κ1) is 11.2. The van der Waals surface area contributed by atoms with Gasteiger partial charge in [0.05, 0.1) is 0 Å². The molecule has 1 aromatic heterocycles. The van der Waals surface area contributed by atoms with Gasteiger partial charge < -0.3 is 5.32 Å². The molecule has 1 saturated carbocycles. The molecule has 0 unspecified atom stereocenters. The van der Waals surface area contributed by atoms with E-state index >= 15 is 0 Å². The number of nitrogens with zero attached hydrogens (tertiary/aromatic N) is 2. The molecule has 1 N–H and O–H groups in total. The van der Waals surface area contributed by atoms with Crippen molar-refractivity contribution in [1.29, 1.82) is 0 Å². The Morgan fingerprint density at radius 2 is 2.29 bits per heavy atom. The molecule has 1 aromatic carbocycles. The van der Waals surface area contributed by atoms with E-state index in [1.807, 2.05) is 12.1 Å². The highest BCUT2D eigenvalue weighted by atomic mass is 79.9. The quantitative estimate of drug-likeness (QED) is 0.939. The van der Waals surface area contributed by atoms with Crippen molar-refractivity contribution >= 4 is 32.6 Å². The van der Waals surface area contributed by atoms with Crippen LogP contribution < -0.4 is 5.32 Å². The van der Waals surface area contributed by atoms with E-state index in [2.05, 4.69) is 42.7 Å². The lowest BCUT2D eigenvalue weighted by molar-refractivity contribution is 1.02. The van der Waals surface area contributed by atoms with Crippen LogP contribution in [-0.4, -0.2) is 15.4 Å². The molecule has 0 radical (unpaired) electrons. The Hall–Kier alpha value is -0.940. The normalized spacial score (nSPS) is 14.9. The fourth-order valence-electron chi connectivity index (χ4n) is 1.62. The monoisotopic (exact) mass is 309 g/mol. The maximum absolute atomic E-state index is 4.50. The van der Waals surface area contributed by atoms with Crippen molar-refractivity contribution < 1.29 is 0 Å². The average molecular weight is 310 g/mol. The van der Waals surface area contributed by atoms with Crippen LogP contribution in [0.5, 0.6) is 0 Å². The molecule has 1 heterocycles. The van der Waals surface area contributed by atoms with E-state index in [0.29, 0.717) is 6.04 Å². The summed E-state index contributed by atoms with van der Waals surface area (Å²) in [5.41, 5.74) is 1.23.